The van der Waals surface area contributed by atoms with Gasteiger partial charge in [0.05, 0.1) is 30.7 Å². The molecule has 0 bridgehead atoms. The van der Waals surface area contributed by atoms with Gasteiger partial charge in [-0.1, -0.05) is 36.4 Å². The Morgan fingerprint density at radius 3 is 2.86 bits per heavy atom. The summed E-state index contributed by atoms with van der Waals surface area (Å²) in [6.07, 6.45) is 8.92. The number of nitrogens with one attached hydrogen (secondary N) is 2. The Bertz CT molecular complexity index is 1070. The number of likely N-dealkylation sites (N-methyl/N-ethyl adjacent to an activating group) is 1. The zero-order chi connectivity index (χ0) is 20.2. The van der Waals surface area contributed by atoms with E-state index in [2.05, 4.69) is 57.1 Å². The second-order valence-corrected chi connectivity index (χ2v) is 6.95. The van der Waals surface area contributed by atoms with Crippen molar-refractivity contribution < 1.29 is 4.74 Å². The van der Waals surface area contributed by atoms with E-state index in [0.717, 1.165) is 45.8 Å². The predicted octanol–water partition coefficient (Wildman–Crippen LogP) is 4.71. The van der Waals surface area contributed by atoms with Gasteiger partial charge in [-0.2, -0.15) is 5.10 Å². The summed E-state index contributed by atoms with van der Waals surface area (Å²) >= 11 is 0. The van der Waals surface area contributed by atoms with Crippen LogP contribution in [-0.2, 0) is 4.74 Å². The van der Waals surface area contributed by atoms with E-state index >= 15 is 0 Å². The van der Waals surface area contributed by atoms with Gasteiger partial charge in [-0.3, -0.25) is 0 Å². The smallest absolute Gasteiger partial charge is 0.160 e. The van der Waals surface area contributed by atoms with Crippen molar-refractivity contribution in [1.29, 1.82) is 0 Å². The molecule has 1 unspecified atom stereocenters. The molecule has 6 heteroatoms. The molecule has 0 saturated carbocycles. The third kappa shape index (κ3) is 3.74. The van der Waals surface area contributed by atoms with Crippen molar-refractivity contribution in [3.63, 3.8) is 0 Å². The molecule has 2 aromatic carbocycles. The van der Waals surface area contributed by atoms with Crippen molar-refractivity contribution >= 4 is 33.7 Å². The van der Waals surface area contributed by atoms with E-state index in [1.54, 1.807) is 13.3 Å². The summed E-state index contributed by atoms with van der Waals surface area (Å²) < 4.78 is 5.58. The summed E-state index contributed by atoms with van der Waals surface area (Å²) in [5, 5.41) is 17.2. The largest absolute Gasteiger partial charge is 0.499 e. The van der Waals surface area contributed by atoms with Gasteiger partial charge in [0.25, 0.3) is 0 Å². The summed E-state index contributed by atoms with van der Waals surface area (Å²) in [5.74, 6) is 1.71. The lowest BCUT2D eigenvalue weighted by Crippen LogP contribution is -2.34. The first-order chi connectivity index (χ1) is 14.2. The molecule has 1 aliphatic rings. The lowest BCUT2D eigenvalue weighted by molar-refractivity contribution is 0.261. The van der Waals surface area contributed by atoms with Crippen LogP contribution >= 0.6 is 0 Å². The highest BCUT2D eigenvalue weighted by Crippen LogP contribution is 2.34. The second kappa shape index (κ2) is 8.22. The second-order valence-electron chi connectivity index (χ2n) is 6.95. The average molecular weight is 387 g/mol. The van der Waals surface area contributed by atoms with Crippen molar-refractivity contribution in [1.82, 2.24) is 10.2 Å². The number of allylic oxidation sites excluding steroid dienone is 2. The summed E-state index contributed by atoms with van der Waals surface area (Å²) in [5.41, 5.74) is 3.07. The molecule has 0 saturated heterocycles. The molecule has 6 nitrogen and oxygen atoms in total. The maximum Gasteiger partial charge on any atom is 0.160 e. The van der Waals surface area contributed by atoms with E-state index in [-0.39, 0.29) is 6.04 Å². The highest BCUT2D eigenvalue weighted by Gasteiger charge is 2.23. The van der Waals surface area contributed by atoms with E-state index in [9.17, 15) is 0 Å². The minimum atomic E-state index is 0.167. The summed E-state index contributed by atoms with van der Waals surface area (Å²) in [7, 11) is 5.75. The standard InChI is InChI=1S/C23H25N5O/c1-24-19-14-17(26-23-18-9-5-4-8-16(18)15-25-27-23)12-13-20(19)28(2)21-10-6-7-11-22(21)29-3/h4-9,11-15,21,24H,10H2,1-3H3,(H,26,27). The number of hydrogen-bond donors (Lipinski definition) is 2. The lowest BCUT2D eigenvalue weighted by Gasteiger charge is -2.33. The summed E-state index contributed by atoms with van der Waals surface area (Å²) in [6, 6.07) is 14.5. The minimum Gasteiger partial charge on any atom is -0.499 e. The number of fused-ring (bicyclic) bond motifs is 1. The van der Waals surface area contributed by atoms with E-state index in [0.29, 0.717) is 0 Å². The quantitative estimate of drug-likeness (QED) is 0.639. The van der Waals surface area contributed by atoms with Gasteiger partial charge in [0.15, 0.2) is 5.82 Å². The SMILES string of the molecule is CNc1cc(Nc2nncc3ccccc23)ccc1N(C)C1CC=CC=C1OC. The Balaban J connectivity index is 1.63. The Kier molecular flexibility index (Phi) is 5.33. The zero-order valence-corrected chi connectivity index (χ0v) is 16.9. The fourth-order valence-electron chi connectivity index (χ4n) is 3.70. The summed E-state index contributed by atoms with van der Waals surface area (Å²) in [4.78, 5) is 2.24. The fourth-order valence-corrected chi connectivity index (χ4v) is 3.70. The van der Waals surface area contributed by atoms with Crippen LogP contribution in [0, 0.1) is 0 Å². The molecule has 1 aliphatic carbocycles. The fraction of sp³-hybridized carbons (Fsp3) is 0.217. The maximum atomic E-state index is 5.58. The minimum absolute atomic E-state index is 0.167. The molecule has 148 valence electrons. The molecule has 1 heterocycles. The monoisotopic (exact) mass is 387 g/mol. The Morgan fingerprint density at radius 2 is 2.03 bits per heavy atom. The first-order valence-corrected chi connectivity index (χ1v) is 9.64. The molecule has 4 rings (SSSR count). The number of nitrogens with zero attached hydrogens (tertiary/aromatic N) is 3. The highest BCUT2D eigenvalue weighted by molar-refractivity contribution is 5.92. The molecular weight excluding hydrogens is 362 g/mol. The number of benzene rings is 2. The molecule has 29 heavy (non-hydrogen) atoms. The number of hydrogen-bond acceptors (Lipinski definition) is 6. The van der Waals surface area contributed by atoms with Gasteiger partial charge < -0.3 is 20.3 Å². The number of methoxy groups -OCH3 is 1. The van der Waals surface area contributed by atoms with Gasteiger partial charge in [0, 0.05) is 30.6 Å². The van der Waals surface area contributed by atoms with Crippen molar-refractivity contribution in [2.45, 2.75) is 12.5 Å². The van der Waals surface area contributed by atoms with E-state index in [4.69, 9.17) is 4.74 Å². The van der Waals surface area contributed by atoms with Crippen LogP contribution in [0.1, 0.15) is 6.42 Å². The van der Waals surface area contributed by atoms with Gasteiger partial charge in [0.2, 0.25) is 0 Å². The number of rotatable bonds is 6. The molecule has 0 aliphatic heterocycles. The van der Waals surface area contributed by atoms with E-state index in [1.165, 1.54) is 0 Å². The third-order valence-corrected chi connectivity index (χ3v) is 5.27. The highest BCUT2D eigenvalue weighted by atomic mass is 16.5. The van der Waals surface area contributed by atoms with Crippen LogP contribution in [0.3, 0.4) is 0 Å². The molecule has 3 aromatic rings. The average Bonchev–Trinajstić information content (AvgIpc) is 2.78. The van der Waals surface area contributed by atoms with Crippen LogP contribution in [0.25, 0.3) is 10.8 Å². The molecule has 0 radical (unpaired) electrons. The van der Waals surface area contributed by atoms with Crippen LogP contribution in [0.4, 0.5) is 22.9 Å². The molecule has 1 atom stereocenters. The van der Waals surface area contributed by atoms with E-state index in [1.807, 2.05) is 43.5 Å². The maximum absolute atomic E-state index is 5.58. The topological polar surface area (TPSA) is 62.3 Å². The Morgan fingerprint density at radius 1 is 1.17 bits per heavy atom. The number of anilines is 4. The first-order valence-electron chi connectivity index (χ1n) is 9.64. The molecule has 0 fully saturated rings. The van der Waals surface area contributed by atoms with Gasteiger partial charge in [-0.15, -0.1) is 5.10 Å². The van der Waals surface area contributed by atoms with Gasteiger partial charge in [0.1, 0.15) is 5.76 Å². The third-order valence-electron chi connectivity index (χ3n) is 5.27. The molecule has 0 spiro atoms. The lowest BCUT2D eigenvalue weighted by atomic mass is 10.0. The molecular formula is C23H25N5O. The van der Waals surface area contributed by atoms with Crippen LogP contribution in [0.2, 0.25) is 0 Å². The Hall–Kier alpha value is -3.54. The van der Waals surface area contributed by atoms with Crippen LogP contribution in [-0.4, -0.2) is 37.4 Å². The van der Waals surface area contributed by atoms with Crippen LogP contribution < -0.4 is 15.5 Å². The van der Waals surface area contributed by atoms with Crippen molar-refractivity contribution in [3.05, 3.63) is 72.6 Å². The van der Waals surface area contributed by atoms with Crippen molar-refractivity contribution in [2.75, 3.05) is 36.7 Å². The van der Waals surface area contributed by atoms with Crippen molar-refractivity contribution in [2.24, 2.45) is 0 Å². The zero-order valence-electron chi connectivity index (χ0n) is 16.9. The number of aromatic nitrogens is 2. The summed E-state index contributed by atoms with van der Waals surface area (Å²) in [6.45, 7) is 0. The van der Waals surface area contributed by atoms with Gasteiger partial charge in [-0.25, -0.2) is 0 Å². The molecule has 2 N–H and O–H groups in total. The predicted molar refractivity (Wildman–Crippen MR) is 120 cm³/mol. The van der Waals surface area contributed by atoms with Gasteiger partial charge in [-0.05, 0) is 30.7 Å². The molecule has 0 amide bonds. The molecule has 1 aromatic heterocycles. The Labute approximate surface area is 170 Å². The van der Waals surface area contributed by atoms with Gasteiger partial charge >= 0.3 is 0 Å². The van der Waals surface area contributed by atoms with Crippen molar-refractivity contribution in [3.8, 4) is 0 Å². The normalized spacial score (nSPS) is 15.7. The first kappa shape index (κ1) is 18.8. The number of ether oxygens (including phenoxy) is 1. The van der Waals surface area contributed by atoms with E-state index < -0.39 is 0 Å². The van der Waals surface area contributed by atoms with Crippen LogP contribution in [0.15, 0.2) is 72.6 Å². The van der Waals surface area contributed by atoms with Crippen LogP contribution in [0.5, 0.6) is 0 Å².